The van der Waals surface area contributed by atoms with E-state index >= 15 is 0 Å². The molecule has 0 saturated carbocycles. The lowest BCUT2D eigenvalue weighted by molar-refractivity contribution is 0.101. The highest BCUT2D eigenvalue weighted by atomic mass is 16.5. The van der Waals surface area contributed by atoms with Crippen LogP contribution >= 0.6 is 0 Å². The molecule has 0 radical (unpaired) electrons. The van der Waals surface area contributed by atoms with Crippen LogP contribution in [0.4, 0.5) is 0 Å². The highest BCUT2D eigenvalue weighted by Crippen LogP contribution is 2.22. The number of carbonyl (C=O) groups is 1. The van der Waals surface area contributed by atoms with E-state index in [1.807, 2.05) is 20.8 Å². The molecule has 0 spiro atoms. The van der Waals surface area contributed by atoms with E-state index in [4.69, 9.17) is 4.74 Å². The van der Waals surface area contributed by atoms with Crippen LogP contribution in [-0.2, 0) is 13.1 Å². The van der Waals surface area contributed by atoms with Gasteiger partial charge in [0.25, 0.3) is 0 Å². The Hall–Kier alpha value is -2.11. The van der Waals surface area contributed by atoms with Crippen molar-refractivity contribution >= 4 is 5.78 Å². The van der Waals surface area contributed by atoms with Crippen molar-refractivity contribution in [3.63, 3.8) is 0 Å². The van der Waals surface area contributed by atoms with E-state index in [0.29, 0.717) is 30.2 Å². The molecule has 0 unspecified atom stereocenters. The van der Waals surface area contributed by atoms with Gasteiger partial charge in [0.2, 0.25) is 5.78 Å². The summed E-state index contributed by atoms with van der Waals surface area (Å²) in [7, 11) is 1.55. The predicted molar refractivity (Wildman–Crippen MR) is 75.1 cm³/mol. The number of ether oxygens (including phenoxy) is 1. The quantitative estimate of drug-likeness (QED) is 0.758. The number of aryl methyl sites for hydroxylation is 3. The van der Waals surface area contributed by atoms with E-state index in [0.717, 1.165) is 12.1 Å². The van der Waals surface area contributed by atoms with E-state index in [2.05, 4.69) is 10.2 Å². The third kappa shape index (κ3) is 2.45. The number of ketones is 1. The predicted octanol–water partition coefficient (Wildman–Crippen LogP) is 2.06. The Morgan fingerprint density at radius 3 is 2.70 bits per heavy atom. The van der Waals surface area contributed by atoms with E-state index in [1.165, 1.54) is 0 Å². The Morgan fingerprint density at radius 2 is 2.10 bits per heavy atom. The van der Waals surface area contributed by atoms with Gasteiger partial charge >= 0.3 is 0 Å². The molecule has 0 aliphatic rings. The molecule has 0 amide bonds. The third-order valence-corrected chi connectivity index (χ3v) is 3.11. The van der Waals surface area contributed by atoms with Crippen LogP contribution in [0, 0.1) is 6.92 Å². The number of nitrogens with zero attached hydrogens (tertiary/aromatic N) is 4. The number of carbonyl (C=O) groups excluding carboxylic acids is 1. The molecule has 6 heteroatoms. The number of methoxy groups -OCH3 is 1. The van der Waals surface area contributed by atoms with Gasteiger partial charge in [-0.15, -0.1) is 0 Å². The van der Waals surface area contributed by atoms with Gasteiger partial charge < -0.3 is 4.74 Å². The summed E-state index contributed by atoms with van der Waals surface area (Å²) >= 11 is 0. The van der Waals surface area contributed by atoms with Gasteiger partial charge in [0.1, 0.15) is 5.69 Å². The molecule has 0 N–H and O–H groups in total. The lowest BCUT2D eigenvalue weighted by Gasteiger charge is -2.08. The van der Waals surface area contributed by atoms with Crippen molar-refractivity contribution in [1.29, 1.82) is 0 Å². The standard InChI is InChI=1S/C14H20N4O2/c1-5-7-18-13(12(20-4)9-15-18)14(19)11-8-10(3)16-17(11)6-2/h8-9H,5-7H2,1-4H3. The summed E-state index contributed by atoms with van der Waals surface area (Å²) in [5.74, 6) is 0.403. The van der Waals surface area contributed by atoms with Crippen molar-refractivity contribution in [3.05, 3.63) is 29.3 Å². The Bertz CT molecular complexity index is 613. The molecule has 2 rings (SSSR count). The van der Waals surface area contributed by atoms with Crippen molar-refractivity contribution in [2.45, 2.75) is 40.3 Å². The van der Waals surface area contributed by atoms with Crippen LogP contribution in [0.3, 0.4) is 0 Å². The summed E-state index contributed by atoms with van der Waals surface area (Å²) < 4.78 is 8.67. The largest absolute Gasteiger partial charge is 0.493 e. The molecule has 0 aliphatic carbocycles. The molecule has 0 fully saturated rings. The molecule has 6 nitrogen and oxygen atoms in total. The first kappa shape index (κ1) is 14.3. The SMILES string of the molecule is CCCn1ncc(OC)c1C(=O)c1cc(C)nn1CC. The van der Waals surface area contributed by atoms with Crippen LogP contribution in [0.1, 0.15) is 42.1 Å². The van der Waals surface area contributed by atoms with Gasteiger partial charge in [0, 0.05) is 13.1 Å². The van der Waals surface area contributed by atoms with E-state index in [9.17, 15) is 4.79 Å². The lowest BCUT2D eigenvalue weighted by atomic mass is 10.2. The fourth-order valence-electron chi connectivity index (χ4n) is 2.22. The second-order valence-corrected chi connectivity index (χ2v) is 4.60. The summed E-state index contributed by atoms with van der Waals surface area (Å²) in [4.78, 5) is 12.8. The first-order chi connectivity index (χ1) is 9.62. The minimum atomic E-state index is -0.102. The zero-order chi connectivity index (χ0) is 14.7. The minimum absolute atomic E-state index is 0.102. The molecule has 0 bridgehead atoms. The van der Waals surface area contributed by atoms with Crippen LogP contribution in [0.25, 0.3) is 0 Å². The summed E-state index contributed by atoms with van der Waals surface area (Å²) in [6.45, 7) is 7.22. The van der Waals surface area contributed by atoms with Gasteiger partial charge in [-0.2, -0.15) is 10.2 Å². The minimum Gasteiger partial charge on any atom is -0.493 e. The zero-order valence-corrected chi connectivity index (χ0v) is 12.4. The van der Waals surface area contributed by atoms with Crippen LogP contribution in [0.5, 0.6) is 5.75 Å². The number of hydrogen-bond acceptors (Lipinski definition) is 4. The molecular formula is C14H20N4O2. The van der Waals surface area contributed by atoms with Crippen molar-refractivity contribution < 1.29 is 9.53 Å². The average molecular weight is 276 g/mol. The van der Waals surface area contributed by atoms with Crippen LogP contribution in [0.15, 0.2) is 12.3 Å². The Morgan fingerprint density at radius 1 is 1.35 bits per heavy atom. The highest BCUT2D eigenvalue weighted by molar-refractivity contribution is 6.08. The molecule has 0 saturated heterocycles. The number of hydrogen-bond donors (Lipinski definition) is 0. The summed E-state index contributed by atoms with van der Waals surface area (Å²) in [5, 5.41) is 8.54. The summed E-state index contributed by atoms with van der Waals surface area (Å²) in [6, 6.07) is 1.80. The van der Waals surface area contributed by atoms with Crippen molar-refractivity contribution in [2.24, 2.45) is 0 Å². The third-order valence-electron chi connectivity index (χ3n) is 3.11. The van der Waals surface area contributed by atoms with Gasteiger partial charge in [-0.3, -0.25) is 14.2 Å². The van der Waals surface area contributed by atoms with Crippen molar-refractivity contribution in [2.75, 3.05) is 7.11 Å². The topological polar surface area (TPSA) is 61.9 Å². The van der Waals surface area contributed by atoms with Crippen LogP contribution in [-0.4, -0.2) is 32.5 Å². The molecule has 2 heterocycles. The highest BCUT2D eigenvalue weighted by Gasteiger charge is 2.24. The summed E-state index contributed by atoms with van der Waals surface area (Å²) in [5.41, 5.74) is 1.89. The molecule has 20 heavy (non-hydrogen) atoms. The Labute approximate surface area is 118 Å². The number of rotatable bonds is 6. The fourth-order valence-corrected chi connectivity index (χ4v) is 2.22. The molecule has 0 aromatic carbocycles. The molecular weight excluding hydrogens is 256 g/mol. The van der Waals surface area contributed by atoms with Crippen molar-refractivity contribution in [1.82, 2.24) is 19.6 Å². The first-order valence-electron chi connectivity index (χ1n) is 6.81. The Balaban J connectivity index is 2.49. The molecule has 0 atom stereocenters. The normalized spacial score (nSPS) is 10.8. The fraction of sp³-hybridized carbons (Fsp3) is 0.500. The Kier molecular flexibility index (Phi) is 4.22. The van der Waals surface area contributed by atoms with Crippen LogP contribution in [0.2, 0.25) is 0 Å². The van der Waals surface area contributed by atoms with E-state index in [1.54, 1.807) is 28.7 Å². The number of aromatic nitrogens is 4. The maximum atomic E-state index is 12.8. The summed E-state index contributed by atoms with van der Waals surface area (Å²) in [6.07, 6.45) is 2.49. The van der Waals surface area contributed by atoms with Gasteiger partial charge in [0.15, 0.2) is 11.4 Å². The monoisotopic (exact) mass is 276 g/mol. The van der Waals surface area contributed by atoms with Crippen LogP contribution < -0.4 is 4.74 Å². The van der Waals surface area contributed by atoms with Gasteiger partial charge in [-0.1, -0.05) is 6.92 Å². The first-order valence-corrected chi connectivity index (χ1v) is 6.81. The molecule has 0 aliphatic heterocycles. The van der Waals surface area contributed by atoms with E-state index in [-0.39, 0.29) is 5.78 Å². The maximum Gasteiger partial charge on any atom is 0.232 e. The average Bonchev–Trinajstić information content (AvgIpc) is 3.01. The lowest BCUT2D eigenvalue weighted by Crippen LogP contribution is -2.16. The van der Waals surface area contributed by atoms with Crippen molar-refractivity contribution in [3.8, 4) is 5.75 Å². The maximum absolute atomic E-state index is 12.8. The second kappa shape index (κ2) is 5.90. The van der Waals surface area contributed by atoms with Gasteiger partial charge in [-0.25, -0.2) is 0 Å². The smallest absolute Gasteiger partial charge is 0.232 e. The molecule has 2 aromatic heterocycles. The molecule has 108 valence electrons. The molecule has 2 aromatic rings. The van der Waals surface area contributed by atoms with Gasteiger partial charge in [0.05, 0.1) is 19.0 Å². The second-order valence-electron chi connectivity index (χ2n) is 4.60. The van der Waals surface area contributed by atoms with Gasteiger partial charge in [-0.05, 0) is 26.3 Å². The van der Waals surface area contributed by atoms with E-state index < -0.39 is 0 Å². The zero-order valence-electron chi connectivity index (χ0n) is 12.4.